The Bertz CT molecular complexity index is 2380. The molecular formula is C41H30O4. The highest BCUT2D eigenvalue weighted by Gasteiger charge is 2.13. The summed E-state index contributed by atoms with van der Waals surface area (Å²) in [6, 6.07) is 38.0. The Morgan fingerprint density at radius 2 is 0.933 bits per heavy atom. The van der Waals surface area contributed by atoms with Gasteiger partial charge in [-0.2, -0.15) is 0 Å². The molecule has 8 aromatic rings. The summed E-state index contributed by atoms with van der Waals surface area (Å²) < 4.78 is 10.6. The molecule has 0 saturated carbocycles. The number of benzene rings is 8. The smallest absolute Gasteiger partial charge is 0.333 e. The first-order valence-corrected chi connectivity index (χ1v) is 14.9. The lowest BCUT2D eigenvalue weighted by atomic mass is 9.92. The molecule has 8 aromatic carbocycles. The van der Waals surface area contributed by atoms with Crippen LogP contribution in [0.2, 0.25) is 0 Å². The lowest BCUT2D eigenvalue weighted by molar-refractivity contribution is -0.140. The van der Waals surface area contributed by atoms with E-state index in [0.717, 1.165) is 21.9 Å². The molecule has 45 heavy (non-hydrogen) atoms. The Balaban J connectivity index is 0.000000145. The van der Waals surface area contributed by atoms with E-state index in [1.54, 1.807) is 6.92 Å². The first-order chi connectivity index (χ1) is 21.9. The van der Waals surface area contributed by atoms with Crippen LogP contribution >= 0.6 is 0 Å². The molecular weight excluding hydrogens is 556 g/mol. The van der Waals surface area contributed by atoms with Crippen LogP contribution in [0.15, 0.2) is 134 Å². The van der Waals surface area contributed by atoms with Crippen molar-refractivity contribution in [3.63, 3.8) is 0 Å². The van der Waals surface area contributed by atoms with Crippen LogP contribution in [0.3, 0.4) is 0 Å². The molecule has 0 aromatic heterocycles. The Morgan fingerprint density at radius 1 is 0.556 bits per heavy atom. The van der Waals surface area contributed by atoms with E-state index in [4.69, 9.17) is 9.47 Å². The van der Waals surface area contributed by atoms with Crippen LogP contribution < -0.4 is 0 Å². The van der Waals surface area contributed by atoms with Gasteiger partial charge in [0.2, 0.25) is 0 Å². The number of hydrogen-bond donors (Lipinski definition) is 0. The van der Waals surface area contributed by atoms with Gasteiger partial charge in [0.25, 0.3) is 0 Å². The molecule has 0 atom stereocenters. The molecule has 0 fully saturated rings. The van der Waals surface area contributed by atoms with Gasteiger partial charge in [-0.25, -0.2) is 9.59 Å². The van der Waals surface area contributed by atoms with Gasteiger partial charge in [-0.15, -0.1) is 0 Å². The highest BCUT2D eigenvalue weighted by Crippen LogP contribution is 2.37. The summed E-state index contributed by atoms with van der Waals surface area (Å²) >= 11 is 0. The van der Waals surface area contributed by atoms with Gasteiger partial charge in [-0.1, -0.05) is 122 Å². The highest BCUT2D eigenvalue weighted by molar-refractivity contribution is 6.24. The molecule has 4 nitrogen and oxygen atoms in total. The van der Waals surface area contributed by atoms with Crippen molar-refractivity contribution in [2.75, 3.05) is 0 Å². The average Bonchev–Trinajstić information content (AvgIpc) is 3.08. The van der Waals surface area contributed by atoms with Crippen molar-refractivity contribution in [1.82, 2.24) is 0 Å². The van der Waals surface area contributed by atoms with Crippen LogP contribution in [0.25, 0.3) is 64.6 Å². The molecule has 0 heterocycles. The van der Waals surface area contributed by atoms with E-state index in [-0.39, 0.29) is 19.2 Å². The first-order valence-electron chi connectivity index (χ1n) is 14.9. The minimum atomic E-state index is -0.398. The van der Waals surface area contributed by atoms with E-state index in [1.165, 1.54) is 59.9 Å². The lowest BCUT2D eigenvalue weighted by Crippen LogP contribution is -2.05. The van der Waals surface area contributed by atoms with Gasteiger partial charge in [0.05, 0.1) is 0 Å². The molecule has 4 heteroatoms. The van der Waals surface area contributed by atoms with Gasteiger partial charge in [0.15, 0.2) is 0 Å². The van der Waals surface area contributed by atoms with Gasteiger partial charge in [-0.3, -0.25) is 0 Å². The molecule has 0 radical (unpaired) electrons. The summed E-state index contributed by atoms with van der Waals surface area (Å²) in [6.45, 7) is 9.23. The van der Waals surface area contributed by atoms with Crippen LogP contribution in [0.1, 0.15) is 18.1 Å². The first kappa shape index (κ1) is 28.1. The zero-order valence-corrected chi connectivity index (χ0v) is 24.9. The largest absolute Gasteiger partial charge is 0.458 e. The average molecular weight is 587 g/mol. The SMILES string of the molecule is C=C(C)C(=O)OCc1ccc2ccc3cccc4ccc1c2c34.C=CC(=O)OCc1ccc2ccc3cccc4ccc1c2c34. The third-order valence-electron chi connectivity index (χ3n) is 8.48. The molecule has 0 aliphatic heterocycles. The Kier molecular flexibility index (Phi) is 7.11. The fourth-order valence-electron chi connectivity index (χ4n) is 6.32. The van der Waals surface area contributed by atoms with E-state index < -0.39 is 5.97 Å². The second-order valence-electron chi connectivity index (χ2n) is 11.3. The maximum absolute atomic E-state index is 11.7. The van der Waals surface area contributed by atoms with Crippen LogP contribution in [0.5, 0.6) is 0 Å². The zero-order valence-electron chi connectivity index (χ0n) is 24.9. The Hall–Kier alpha value is -5.74. The molecule has 8 rings (SSSR count). The molecule has 0 spiro atoms. The predicted molar refractivity (Wildman–Crippen MR) is 185 cm³/mol. The third kappa shape index (κ3) is 5.00. The minimum Gasteiger partial charge on any atom is -0.458 e. The summed E-state index contributed by atoms with van der Waals surface area (Å²) in [4.78, 5) is 23.0. The Morgan fingerprint density at radius 3 is 1.36 bits per heavy atom. The molecule has 0 bridgehead atoms. The van der Waals surface area contributed by atoms with Gasteiger partial charge >= 0.3 is 11.9 Å². The fourth-order valence-corrected chi connectivity index (χ4v) is 6.32. The van der Waals surface area contributed by atoms with E-state index in [1.807, 2.05) is 12.1 Å². The molecule has 0 amide bonds. The van der Waals surface area contributed by atoms with Crippen molar-refractivity contribution in [2.24, 2.45) is 0 Å². The number of ether oxygens (including phenoxy) is 2. The summed E-state index contributed by atoms with van der Waals surface area (Å²) in [5.41, 5.74) is 2.45. The van der Waals surface area contributed by atoms with Crippen LogP contribution in [0.4, 0.5) is 0 Å². The molecule has 218 valence electrons. The maximum atomic E-state index is 11.7. The minimum absolute atomic E-state index is 0.263. The topological polar surface area (TPSA) is 52.6 Å². The van der Waals surface area contributed by atoms with E-state index in [2.05, 4.69) is 110 Å². The monoisotopic (exact) mass is 586 g/mol. The number of hydrogen-bond acceptors (Lipinski definition) is 4. The standard InChI is InChI=1S/C21H16O2.C20H14O2/c1-13(2)21(22)23-12-17-9-8-16-7-6-14-4-3-5-15-10-11-18(17)20(16)19(14)15;1-2-18(21)22-12-16-9-8-15-7-6-13-4-3-5-14-10-11-17(16)20(15)19(13)14/h3-11H,1,12H2,2H3;2-11H,1,12H2. The second-order valence-corrected chi connectivity index (χ2v) is 11.3. The number of carbonyl (C=O) groups is 2. The highest BCUT2D eigenvalue weighted by atomic mass is 16.5. The molecule has 0 unspecified atom stereocenters. The molecule has 0 saturated heterocycles. The summed E-state index contributed by atoms with van der Waals surface area (Å²) in [5.74, 6) is -0.749. The number of rotatable bonds is 6. The van der Waals surface area contributed by atoms with Crippen LogP contribution in [-0.2, 0) is 32.3 Å². The summed E-state index contributed by atoms with van der Waals surface area (Å²) in [5, 5.41) is 14.6. The zero-order chi connectivity index (χ0) is 31.1. The maximum Gasteiger partial charge on any atom is 0.333 e. The van der Waals surface area contributed by atoms with Gasteiger partial charge in [-0.05, 0) is 82.7 Å². The number of carbonyl (C=O) groups excluding carboxylic acids is 2. The molecule has 0 aliphatic carbocycles. The summed E-state index contributed by atoms with van der Waals surface area (Å²) in [7, 11) is 0. The van der Waals surface area contributed by atoms with Crippen molar-refractivity contribution in [3.05, 3.63) is 145 Å². The van der Waals surface area contributed by atoms with Crippen LogP contribution in [0, 0.1) is 0 Å². The van der Waals surface area contributed by atoms with Crippen molar-refractivity contribution >= 4 is 76.6 Å². The van der Waals surface area contributed by atoms with Gasteiger partial charge < -0.3 is 9.47 Å². The normalized spacial score (nSPS) is 11.3. The molecule has 0 N–H and O–H groups in total. The van der Waals surface area contributed by atoms with Gasteiger partial charge in [0.1, 0.15) is 13.2 Å². The number of esters is 2. The van der Waals surface area contributed by atoms with Gasteiger partial charge in [0, 0.05) is 11.6 Å². The van der Waals surface area contributed by atoms with Crippen molar-refractivity contribution < 1.29 is 19.1 Å². The fraction of sp³-hybridized carbons (Fsp3) is 0.0732. The molecule has 0 aliphatic rings. The van der Waals surface area contributed by atoms with E-state index in [9.17, 15) is 9.59 Å². The van der Waals surface area contributed by atoms with Crippen molar-refractivity contribution in [2.45, 2.75) is 20.1 Å². The predicted octanol–water partition coefficient (Wildman–Crippen LogP) is 10.0. The van der Waals surface area contributed by atoms with E-state index in [0.29, 0.717) is 5.57 Å². The summed E-state index contributed by atoms with van der Waals surface area (Å²) in [6.07, 6.45) is 1.19. The third-order valence-corrected chi connectivity index (χ3v) is 8.48. The lowest BCUT2D eigenvalue weighted by Gasteiger charge is -2.14. The Labute approximate surface area is 260 Å². The second kappa shape index (κ2) is 11.4. The van der Waals surface area contributed by atoms with Crippen molar-refractivity contribution in [3.8, 4) is 0 Å². The van der Waals surface area contributed by atoms with Crippen LogP contribution in [-0.4, -0.2) is 11.9 Å². The van der Waals surface area contributed by atoms with E-state index >= 15 is 0 Å². The van der Waals surface area contributed by atoms with Crippen molar-refractivity contribution in [1.29, 1.82) is 0 Å². The quantitative estimate of drug-likeness (QED) is 0.111.